The maximum absolute atomic E-state index is 12.1. The van der Waals surface area contributed by atoms with Crippen molar-refractivity contribution in [1.29, 1.82) is 0 Å². The first-order valence-corrected chi connectivity index (χ1v) is 7.35. The van der Waals surface area contributed by atoms with E-state index in [0.717, 1.165) is 6.42 Å². The molecule has 21 heavy (non-hydrogen) atoms. The summed E-state index contributed by atoms with van der Waals surface area (Å²) in [4.78, 5) is 25.5. The van der Waals surface area contributed by atoms with Crippen molar-refractivity contribution >= 4 is 29.1 Å². The van der Waals surface area contributed by atoms with Crippen molar-refractivity contribution in [3.8, 4) is 0 Å². The van der Waals surface area contributed by atoms with E-state index in [1.807, 2.05) is 6.92 Å². The Balaban J connectivity index is 2.51. The molecule has 1 aromatic rings. The van der Waals surface area contributed by atoms with Crippen LogP contribution in [-0.4, -0.2) is 42.9 Å². The summed E-state index contributed by atoms with van der Waals surface area (Å²) in [5.74, 6) is -0.259. The van der Waals surface area contributed by atoms with Gasteiger partial charge < -0.3 is 10.6 Å². The van der Waals surface area contributed by atoms with Crippen LogP contribution in [0.15, 0.2) is 24.3 Å². The van der Waals surface area contributed by atoms with Crippen LogP contribution < -0.4 is 10.6 Å². The van der Waals surface area contributed by atoms with Gasteiger partial charge in [-0.05, 0) is 38.6 Å². The van der Waals surface area contributed by atoms with E-state index < -0.39 is 6.04 Å². The van der Waals surface area contributed by atoms with Gasteiger partial charge in [-0.2, -0.15) is 0 Å². The maximum atomic E-state index is 12.1. The number of halogens is 1. The largest absolute Gasteiger partial charge is 0.355 e. The van der Waals surface area contributed by atoms with Crippen molar-refractivity contribution in [1.82, 2.24) is 10.2 Å². The van der Waals surface area contributed by atoms with Crippen molar-refractivity contribution in [3.05, 3.63) is 29.3 Å². The van der Waals surface area contributed by atoms with Crippen molar-refractivity contribution in [2.24, 2.45) is 0 Å². The number of anilines is 1. The molecule has 6 heteroatoms. The molecule has 0 aliphatic carbocycles. The first kappa shape index (κ1) is 17.5. The van der Waals surface area contributed by atoms with Crippen LogP contribution >= 0.6 is 11.6 Å². The van der Waals surface area contributed by atoms with E-state index >= 15 is 0 Å². The van der Waals surface area contributed by atoms with Crippen molar-refractivity contribution in [2.75, 3.05) is 25.5 Å². The van der Waals surface area contributed by atoms with Crippen LogP contribution in [0.25, 0.3) is 0 Å². The molecule has 2 amide bonds. The number of carbonyl (C=O) groups is 2. The van der Waals surface area contributed by atoms with Crippen molar-refractivity contribution in [2.45, 2.75) is 26.3 Å². The van der Waals surface area contributed by atoms with Gasteiger partial charge in [0, 0.05) is 17.3 Å². The molecule has 0 spiro atoms. The third-order valence-electron chi connectivity index (χ3n) is 3.10. The fraction of sp³-hybridized carbons (Fsp3) is 0.467. The Kier molecular flexibility index (Phi) is 7.19. The Bertz CT molecular complexity index is 494. The minimum absolute atomic E-state index is 0.0817. The third-order valence-corrected chi connectivity index (χ3v) is 3.33. The summed E-state index contributed by atoms with van der Waals surface area (Å²) in [6, 6.07) is 6.54. The summed E-state index contributed by atoms with van der Waals surface area (Å²) in [5.41, 5.74) is 0.642. The molecule has 0 saturated heterocycles. The molecule has 0 aliphatic rings. The fourth-order valence-electron chi connectivity index (χ4n) is 1.70. The summed E-state index contributed by atoms with van der Waals surface area (Å²) in [6.45, 7) is 4.58. The van der Waals surface area contributed by atoms with Gasteiger partial charge in [-0.25, -0.2) is 0 Å². The lowest BCUT2D eigenvalue weighted by Gasteiger charge is -2.23. The highest BCUT2D eigenvalue weighted by atomic mass is 35.5. The Hall–Kier alpha value is -1.59. The van der Waals surface area contributed by atoms with Gasteiger partial charge in [-0.15, -0.1) is 0 Å². The summed E-state index contributed by atoms with van der Waals surface area (Å²) in [7, 11) is 1.74. The van der Waals surface area contributed by atoms with E-state index in [1.165, 1.54) is 0 Å². The quantitative estimate of drug-likeness (QED) is 0.811. The van der Waals surface area contributed by atoms with Crippen LogP contribution in [0.1, 0.15) is 20.3 Å². The van der Waals surface area contributed by atoms with Crippen LogP contribution in [0.2, 0.25) is 5.02 Å². The second-order valence-corrected chi connectivity index (χ2v) is 5.38. The Morgan fingerprint density at radius 3 is 2.71 bits per heavy atom. The number of likely N-dealkylation sites (N-methyl/N-ethyl adjacent to an activating group) is 1. The van der Waals surface area contributed by atoms with Gasteiger partial charge in [-0.1, -0.05) is 24.6 Å². The average molecular weight is 312 g/mol. The number of hydrogen-bond donors (Lipinski definition) is 2. The van der Waals surface area contributed by atoms with Crippen LogP contribution in [0.4, 0.5) is 5.69 Å². The third kappa shape index (κ3) is 6.14. The molecule has 2 N–H and O–H groups in total. The molecule has 0 radical (unpaired) electrons. The predicted octanol–water partition coefficient (Wildman–Crippen LogP) is 2.12. The van der Waals surface area contributed by atoms with Crippen LogP contribution in [0, 0.1) is 0 Å². The molecular formula is C15H22ClN3O2. The van der Waals surface area contributed by atoms with E-state index in [4.69, 9.17) is 11.6 Å². The van der Waals surface area contributed by atoms with Gasteiger partial charge in [0.05, 0.1) is 12.6 Å². The lowest BCUT2D eigenvalue weighted by Crippen LogP contribution is -2.44. The van der Waals surface area contributed by atoms with Crippen LogP contribution in [0.3, 0.4) is 0 Å². The molecule has 0 heterocycles. The zero-order valence-electron chi connectivity index (χ0n) is 12.6. The lowest BCUT2D eigenvalue weighted by molar-refractivity contribution is -0.124. The van der Waals surface area contributed by atoms with E-state index in [0.29, 0.717) is 17.3 Å². The van der Waals surface area contributed by atoms with Crippen LogP contribution in [0.5, 0.6) is 0 Å². The van der Waals surface area contributed by atoms with E-state index in [-0.39, 0.29) is 18.4 Å². The lowest BCUT2D eigenvalue weighted by atomic mass is 10.2. The molecule has 0 unspecified atom stereocenters. The summed E-state index contributed by atoms with van der Waals surface area (Å²) >= 11 is 5.87. The summed E-state index contributed by atoms with van der Waals surface area (Å²) < 4.78 is 0. The van der Waals surface area contributed by atoms with Crippen LogP contribution in [-0.2, 0) is 9.59 Å². The van der Waals surface area contributed by atoms with E-state index in [2.05, 4.69) is 10.6 Å². The molecule has 5 nitrogen and oxygen atoms in total. The molecule has 1 rings (SSSR count). The molecule has 0 aromatic heterocycles. The van der Waals surface area contributed by atoms with Gasteiger partial charge in [0.25, 0.3) is 0 Å². The van der Waals surface area contributed by atoms with E-state index in [9.17, 15) is 9.59 Å². The number of benzene rings is 1. The van der Waals surface area contributed by atoms with Crippen molar-refractivity contribution in [3.63, 3.8) is 0 Å². The molecule has 0 bridgehead atoms. The number of carbonyl (C=O) groups excluding carboxylic acids is 2. The zero-order chi connectivity index (χ0) is 15.8. The second-order valence-electron chi connectivity index (χ2n) is 4.94. The smallest absolute Gasteiger partial charge is 0.241 e. The highest BCUT2D eigenvalue weighted by Gasteiger charge is 2.20. The number of nitrogens with zero attached hydrogens (tertiary/aromatic N) is 1. The summed E-state index contributed by atoms with van der Waals surface area (Å²) in [5, 5.41) is 6.13. The molecule has 1 atom stereocenters. The number of nitrogens with one attached hydrogen (secondary N) is 2. The predicted molar refractivity (Wildman–Crippen MR) is 85.5 cm³/mol. The molecule has 0 fully saturated rings. The zero-order valence-corrected chi connectivity index (χ0v) is 13.4. The average Bonchev–Trinajstić information content (AvgIpc) is 2.44. The molecule has 1 aromatic carbocycles. The van der Waals surface area contributed by atoms with E-state index in [1.54, 1.807) is 43.1 Å². The highest BCUT2D eigenvalue weighted by Crippen LogP contribution is 2.15. The topological polar surface area (TPSA) is 61.4 Å². The SMILES string of the molecule is CCCNC(=O)CN(C)[C@H](C)C(=O)Nc1cccc(Cl)c1. The van der Waals surface area contributed by atoms with Gasteiger partial charge in [-0.3, -0.25) is 14.5 Å². The highest BCUT2D eigenvalue weighted by molar-refractivity contribution is 6.30. The van der Waals surface area contributed by atoms with Gasteiger partial charge >= 0.3 is 0 Å². The number of amides is 2. The molecule has 0 aliphatic heterocycles. The van der Waals surface area contributed by atoms with Gasteiger partial charge in [0.2, 0.25) is 11.8 Å². The first-order chi connectivity index (χ1) is 9.93. The van der Waals surface area contributed by atoms with Gasteiger partial charge in [0.1, 0.15) is 0 Å². The second kappa shape index (κ2) is 8.64. The Labute approximate surface area is 130 Å². The molecular weight excluding hydrogens is 290 g/mol. The fourth-order valence-corrected chi connectivity index (χ4v) is 1.89. The molecule has 0 saturated carbocycles. The monoisotopic (exact) mass is 311 g/mol. The maximum Gasteiger partial charge on any atom is 0.241 e. The Morgan fingerprint density at radius 1 is 1.38 bits per heavy atom. The minimum Gasteiger partial charge on any atom is -0.355 e. The van der Waals surface area contributed by atoms with Gasteiger partial charge in [0.15, 0.2) is 0 Å². The standard InChI is InChI=1S/C15H22ClN3O2/c1-4-8-17-14(20)10-19(3)11(2)15(21)18-13-7-5-6-12(16)9-13/h5-7,9,11H,4,8,10H2,1-3H3,(H,17,20)(H,18,21)/t11-/m1/s1. The minimum atomic E-state index is -0.420. The Morgan fingerprint density at radius 2 is 2.10 bits per heavy atom. The number of rotatable bonds is 7. The van der Waals surface area contributed by atoms with Crippen molar-refractivity contribution < 1.29 is 9.59 Å². The molecule has 116 valence electrons. The summed E-state index contributed by atoms with van der Waals surface area (Å²) in [6.07, 6.45) is 0.889. The first-order valence-electron chi connectivity index (χ1n) is 6.97. The number of hydrogen-bond acceptors (Lipinski definition) is 3. The normalized spacial score (nSPS) is 12.0.